The molecule has 0 aliphatic rings. The van der Waals surface area contributed by atoms with Crippen molar-refractivity contribution in [1.82, 2.24) is 0 Å². The molecule has 0 rings (SSSR count). The Balaban J connectivity index is 3.80. The Morgan fingerprint density at radius 2 is 2.09 bits per heavy atom. The molecule has 66 valence electrons. The number of unbranched alkanes of at least 4 members (excludes halogenated alkanes) is 1. The number of hydrogen-bond donors (Lipinski definition) is 0. The molecule has 0 nitrogen and oxygen atoms in total. The lowest BCUT2D eigenvalue weighted by molar-refractivity contribution is 0.694. The van der Waals surface area contributed by atoms with Gasteiger partial charge in [0.25, 0.3) is 6.69 Å². The summed E-state index contributed by atoms with van der Waals surface area (Å²) in [4.78, 5) is 0. The number of hydrogen-bond acceptors (Lipinski definition) is 0. The van der Waals surface area contributed by atoms with E-state index in [1.165, 1.54) is 12.8 Å². The summed E-state index contributed by atoms with van der Waals surface area (Å²) in [5.74, 6) is 0. The molecule has 0 saturated carbocycles. The quantitative estimate of drug-likeness (QED) is 0.472. The van der Waals surface area contributed by atoms with Crippen molar-refractivity contribution < 1.29 is 0 Å². The second-order valence-electron chi connectivity index (χ2n) is 2.92. The summed E-state index contributed by atoms with van der Waals surface area (Å²) >= 11 is 12.2. The van der Waals surface area contributed by atoms with Crippen molar-refractivity contribution in [2.45, 2.75) is 38.7 Å². The van der Waals surface area contributed by atoms with Gasteiger partial charge >= 0.3 is 0 Å². The highest BCUT2D eigenvalue weighted by molar-refractivity contribution is 7.48. The molecule has 0 aromatic heterocycles. The van der Waals surface area contributed by atoms with Crippen LogP contribution in [0.2, 0.25) is 5.54 Å². The molecule has 0 aliphatic heterocycles. The van der Waals surface area contributed by atoms with Gasteiger partial charge in [-0.3, -0.25) is 0 Å². The van der Waals surface area contributed by atoms with Crippen LogP contribution in [-0.4, -0.2) is 6.69 Å². The van der Waals surface area contributed by atoms with Crippen molar-refractivity contribution in [3.05, 3.63) is 12.3 Å². The lowest BCUT2D eigenvalue weighted by atomic mass is 10.2. The van der Waals surface area contributed by atoms with E-state index in [0.717, 1.165) is 6.42 Å². The van der Waals surface area contributed by atoms with Crippen LogP contribution in [0.25, 0.3) is 0 Å². The third-order valence-electron chi connectivity index (χ3n) is 1.92. The van der Waals surface area contributed by atoms with Crippen molar-refractivity contribution in [1.29, 1.82) is 0 Å². The van der Waals surface area contributed by atoms with E-state index in [-0.39, 0.29) is 0 Å². The molecule has 0 aliphatic carbocycles. The Bertz CT molecular complexity index is 123. The Morgan fingerprint density at radius 1 is 1.55 bits per heavy atom. The minimum atomic E-state index is -2.11. The molecule has 0 bridgehead atoms. The summed E-state index contributed by atoms with van der Waals surface area (Å²) in [6, 6.07) is 0. The lowest BCUT2D eigenvalue weighted by Crippen LogP contribution is -2.22. The van der Waals surface area contributed by atoms with Gasteiger partial charge in [0.15, 0.2) is 0 Å². The van der Waals surface area contributed by atoms with Gasteiger partial charge < -0.3 is 0 Å². The van der Waals surface area contributed by atoms with E-state index in [2.05, 4.69) is 20.4 Å². The Labute approximate surface area is 80.0 Å². The van der Waals surface area contributed by atoms with E-state index in [9.17, 15) is 0 Å². The summed E-state index contributed by atoms with van der Waals surface area (Å²) in [6.45, 7) is 5.84. The Morgan fingerprint density at radius 3 is 2.45 bits per heavy atom. The zero-order chi connectivity index (χ0) is 8.91. The normalized spacial score (nSPS) is 14.5. The average molecular weight is 211 g/mol. The molecule has 0 fully saturated rings. The Hall–Kier alpha value is 0.537. The summed E-state index contributed by atoms with van der Waals surface area (Å²) in [5, 5.41) is 0. The maximum atomic E-state index is 6.09. The zero-order valence-electron chi connectivity index (χ0n) is 7.24. The van der Waals surface area contributed by atoms with Gasteiger partial charge in [-0.1, -0.05) is 38.8 Å². The monoisotopic (exact) mass is 210 g/mol. The minimum absolute atomic E-state index is 0.434. The third-order valence-corrected chi connectivity index (χ3v) is 7.23. The topological polar surface area (TPSA) is 0 Å². The summed E-state index contributed by atoms with van der Waals surface area (Å²) in [7, 11) is 0. The zero-order valence-corrected chi connectivity index (χ0v) is 9.75. The highest BCUT2D eigenvalue weighted by Crippen LogP contribution is 2.34. The van der Waals surface area contributed by atoms with E-state index in [4.69, 9.17) is 22.2 Å². The third kappa shape index (κ3) is 4.19. The van der Waals surface area contributed by atoms with Crippen molar-refractivity contribution >= 4 is 28.9 Å². The smallest absolute Gasteiger partial charge is 0.140 e. The molecule has 3 heteroatoms. The van der Waals surface area contributed by atoms with Crippen molar-refractivity contribution in [2.75, 3.05) is 0 Å². The first-order valence-electron chi connectivity index (χ1n) is 4.06. The van der Waals surface area contributed by atoms with E-state index in [0.29, 0.717) is 5.54 Å². The summed E-state index contributed by atoms with van der Waals surface area (Å²) < 4.78 is 0. The first-order valence-corrected chi connectivity index (χ1v) is 8.23. The summed E-state index contributed by atoms with van der Waals surface area (Å²) in [6.07, 6.45) is 3.55. The van der Waals surface area contributed by atoms with Gasteiger partial charge in [-0.2, -0.15) is 0 Å². The maximum absolute atomic E-state index is 6.09. The van der Waals surface area contributed by atoms with Gasteiger partial charge in [-0.25, -0.2) is 0 Å². The SMILES string of the molecule is C=C[Si](Cl)(Cl)C(C)CCCC. The molecular formula is C8H16Cl2Si. The minimum Gasteiger partial charge on any atom is -0.140 e. The number of halogens is 2. The molecule has 0 aromatic rings. The van der Waals surface area contributed by atoms with Crippen LogP contribution >= 0.6 is 22.2 Å². The molecule has 0 N–H and O–H groups in total. The molecule has 0 heterocycles. The van der Waals surface area contributed by atoms with Gasteiger partial charge in [0, 0.05) is 0 Å². The van der Waals surface area contributed by atoms with Crippen LogP contribution in [0.4, 0.5) is 0 Å². The number of rotatable bonds is 5. The largest absolute Gasteiger partial charge is 0.276 e. The van der Waals surface area contributed by atoms with Crippen LogP contribution in [-0.2, 0) is 0 Å². The van der Waals surface area contributed by atoms with Gasteiger partial charge in [-0.05, 0) is 5.54 Å². The van der Waals surface area contributed by atoms with Gasteiger partial charge in [0.2, 0.25) is 0 Å². The average Bonchev–Trinajstić information content (AvgIpc) is 2.00. The van der Waals surface area contributed by atoms with Crippen LogP contribution in [0.1, 0.15) is 33.1 Å². The highest BCUT2D eigenvalue weighted by Gasteiger charge is 2.31. The van der Waals surface area contributed by atoms with E-state index in [1.54, 1.807) is 5.70 Å². The van der Waals surface area contributed by atoms with Crippen LogP contribution in [0.3, 0.4) is 0 Å². The van der Waals surface area contributed by atoms with Crippen LogP contribution in [0.15, 0.2) is 12.3 Å². The molecule has 0 aromatic carbocycles. The van der Waals surface area contributed by atoms with Gasteiger partial charge in [0.1, 0.15) is 0 Å². The van der Waals surface area contributed by atoms with Crippen LogP contribution in [0, 0.1) is 0 Å². The van der Waals surface area contributed by atoms with E-state index >= 15 is 0 Å². The predicted molar refractivity (Wildman–Crippen MR) is 56.6 cm³/mol. The van der Waals surface area contributed by atoms with Crippen molar-refractivity contribution in [3.63, 3.8) is 0 Å². The molecular weight excluding hydrogens is 195 g/mol. The molecule has 1 unspecified atom stereocenters. The molecule has 0 amide bonds. The molecule has 1 atom stereocenters. The molecule has 0 saturated heterocycles. The second kappa shape index (κ2) is 5.23. The fourth-order valence-electron chi connectivity index (χ4n) is 0.904. The first kappa shape index (κ1) is 11.5. The standard InChI is InChI=1S/C8H16Cl2Si/c1-4-6-7-8(3)11(9,10)5-2/h5,8H,2,4,6-7H2,1,3H3. The van der Waals surface area contributed by atoms with Crippen molar-refractivity contribution in [3.8, 4) is 0 Å². The fourth-order valence-corrected chi connectivity index (χ4v) is 2.55. The maximum Gasteiger partial charge on any atom is 0.276 e. The molecule has 11 heavy (non-hydrogen) atoms. The fraction of sp³-hybridized carbons (Fsp3) is 0.750. The lowest BCUT2D eigenvalue weighted by Gasteiger charge is -2.19. The molecule has 0 radical (unpaired) electrons. The van der Waals surface area contributed by atoms with E-state index < -0.39 is 6.69 Å². The van der Waals surface area contributed by atoms with E-state index in [1.807, 2.05) is 0 Å². The first-order chi connectivity index (χ1) is 5.04. The molecule has 0 spiro atoms. The van der Waals surface area contributed by atoms with Crippen LogP contribution in [0.5, 0.6) is 0 Å². The van der Waals surface area contributed by atoms with Gasteiger partial charge in [0.05, 0.1) is 0 Å². The second-order valence-corrected chi connectivity index (χ2v) is 10.00. The Kier molecular flexibility index (Phi) is 5.49. The summed E-state index contributed by atoms with van der Waals surface area (Å²) in [5.41, 5.74) is 2.18. The van der Waals surface area contributed by atoms with Crippen molar-refractivity contribution in [2.24, 2.45) is 0 Å². The van der Waals surface area contributed by atoms with Gasteiger partial charge in [-0.15, -0.1) is 28.7 Å². The predicted octanol–water partition coefficient (Wildman–Crippen LogP) is 4.21. The van der Waals surface area contributed by atoms with Crippen LogP contribution < -0.4 is 0 Å². The highest BCUT2D eigenvalue weighted by atomic mass is 35.7.